The second kappa shape index (κ2) is 34.2. The van der Waals surface area contributed by atoms with Crippen molar-refractivity contribution >= 4 is 16.3 Å². The van der Waals surface area contributed by atoms with Crippen LogP contribution < -0.4 is 5.32 Å². The third-order valence-electron chi connectivity index (χ3n) is 10.2. The molecule has 0 radical (unpaired) electrons. The third-order valence-corrected chi connectivity index (χ3v) is 10.7. The SMILES string of the molecule is CCCCC/C=C\C=C/CCCCCCCCCCCCC(=O)NC(COC1OC(CO)C(O)C(OS(=O)(=O)O)C1O)C(O)/C=C/CCCCCCCCCC. The fourth-order valence-corrected chi connectivity index (χ4v) is 7.25. The number of carbonyl (C=O) groups is 1. The summed E-state index contributed by atoms with van der Waals surface area (Å²) < 4.78 is 47.4. The number of carbonyl (C=O) groups excluding carboxylic acids is 1. The van der Waals surface area contributed by atoms with Gasteiger partial charge in [0.15, 0.2) is 6.29 Å². The Morgan fingerprint density at radius 1 is 0.714 bits per heavy atom. The van der Waals surface area contributed by atoms with Crippen LogP contribution in [0, 0.1) is 0 Å². The Bertz CT molecular complexity index is 1150. The Labute approximate surface area is 339 Å². The maximum atomic E-state index is 13.0. The zero-order valence-electron chi connectivity index (χ0n) is 34.7. The van der Waals surface area contributed by atoms with Gasteiger partial charge < -0.3 is 35.2 Å². The first-order valence-electron chi connectivity index (χ1n) is 21.9. The summed E-state index contributed by atoms with van der Waals surface area (Å²) in [5.41, 5.74) is 0. The van der Waals surface area contributed by atoms with Crippen LogP contribution in [0.2, 0.25) is 0 Å². The smallest absolute Gasteiger partial charge is 0.394 e. The summed E-state index contributed by atoms with van der Waals surface area (Å²) in [5, 5.41) is 44.5. The largest absolute Gasteiger partial charge is 0.397 e. The zero-order chi connectivity index (χ0) is 41.3. The molecule has 56 heavy (non-hydrogen) atoms. The highest BCUT2D eigenvalue weighted by Gasteiger charge is 2.48. The van der Waals surface area contributed by atoms with E-state index in [4.69, 9.17) is 14.0 Å². The lowest BCUT2D eigenvalue weighted by Crippen LogP contribution is -2.61. The van der Waals surface area contributed by atoms with Crippen LogP contribution in [0.25, 0.3) is 0 Å². The average Bonchev–Trinajstić information content (AvgIpc) is 3.16. The predicted octanol–water partition coefficient (Wildman–Crippen LogP) is 7.94. The van der Waals surface area contributed by atoms with Gasteiger partial charge in [0.25, 0.3) is 0 Å². The first-order chi connectivity index (χ1) is 27.0. The van der Waals surface area contributed by atoms with Crippen LogP contribution in [0.15, 0.2) is 36.5 Å². The highest BCUT2D eigenvalue weighted by atomic mass is 32.3. The first-order valence-corrected chi connectivity index (χ1v) is 23.3. The summed E-state index contributed by atoms with van der Waals surface area (Å²) in [4.78, 5) is 13.0. The second-order valence-electron chi connectivity index (χ2n) is 15.3. The van der Waals surface area contributed by atoms with E-state index in [1.165, 1.54) is 96.3 Å². The Balaban J connectivity index is 2.50. The molecule has 1 saturated heterocycles. The number of aliphatic hydroxyl groups is 4. The molecule has 6 N–H and O–H groups in total. The topological polar surface area (TPSA) is 192 Å². The molecule has 7 atom stereocenters. The predicted molar refractivity (Wildman–Crippen MR) is 222 cm³/mol. The van der Waals surface area contributed by atoms with E-state index in [0.717, 1.165) is 51.4 Å². The number of hydrogen-bond acceptors (Lipinski definition) is 10. The maximum absolute atomic E-state index is 13.0. The van der Waals surface area contributed by atoms with Gasteiger partial charge in [-0.1, -0.05) is 159 Å². The van der Waals surface area contributed by atoms with Crippen LogP contribution in [-0.2, 0) is 28.9 Å². The molecule has 328 valence electrons. The van der Waals surface area contributed by atoms with Crippen molar-refractivity contribution in [1.82, 2.24) is 5.32 Å². The molecule has 0 aliphatic carbocycles. The minimum absolute atomic E-state index is 0.264. The van der Waals surface area contributed by atoms with E-state index in [-0.39, 0.29) is 18.9 Å². The van der Waals surface area contributed by atoms with E-state index in [1.54, 1.807) is 6.08 Å². The minimum atomic E-state index is -5.08. The molecule has 0 aromatic carbocycles. The van der Waals surface area contributed by atoms with Gasteiger partial charge in [0, 0.05) is 6.42 Å². The Kier molecular flexibility index (Phi) is 32.0. The van der Waals surface area contributed by atoms with Crippen LogP contribution in [0.3, 0.4) is 0 Å². The van der Waals surface area contributed by atoms with Gasteiger partial charge in [-0.05, 0) is 44.9 Å². The standard InChI is InChI=1S/C43H79NO11S/c1-3-5-7-9-11-13-15-16-17-18-19-20-21-22-23-25-27-29-31-33-39(47)44-36(37(46)32-30-28-26-24-14-12-10-8-6-4-2)35-53-43-41(49)42(55-56(50,51)52)40(48)38(34-45)54-43/h11,13,15-16,30,32,36-38,40-43,45-46,48-49H,3-10,12,14,17-29,31,33-35H2,1-2H3,(H,44,47)(H,50,51,52)/b13-11-,16-15-,32-30+. The van der Waals surface area contributed by atoms with Crippen molar-refractivity contribution in [1.29, 1.82) is 0 Å². The fourth-order valence-electron chi connectivity index (χ4n) is 6.74. The number of amides is 1. The molecular weight excluding hydrogens is 739 g/mol. The van der Waals surface area contributed by atoms with E-state index in [2.05, 4.69) is 47.7 Å². The van der Waals surface area contributed by atoms with Gasteiger partial charge in [-0.25, -0.2) is 4.18 Å². The molecule has 13 heteroatoms. The normalized spacial score (nSPS) is 21.7. The van der Waals surface area contributed by atoms with Gasteiger partial charge >= 0.3 is 10.4 Å². The number of ether oxygens (including phenoxy) is 2. The lowest BCUT2D eigenvalue weighted by atomic mass is 9.99. The monoisotopic (exact) mass is 818 g/mol. The molecule has 1 amide bonds. The van der Waals surface area contributed by atoms with Crippen molar-refractivity contribution in [2.24, 2.45) is 0 Å². The van der Waals surface area contributed by atoms with E-state index in [1.807, 2.05) is 6.08 Å². The number of unbranched alkanes of at least 4 members (excludes halogenated alkanes) is 21. The number of allylic oxidation sites excluding steroid dienone is 5. The molecule has 1 rings (SSSR count). The Hall–Kier alpha value is -1.68. The molecule has 0 saturated carbocycles. The third kappa shape index (κ3) is 27.1. The quantitative estimate of drug-likeness (QED) is 0.0156. The molecule has 0 aromatic rings. The summed E-state index contributed by atoms with van der Waals surface area (Å²) in [6.45, 7) is 3.31. The van der Waals surface area contributed by atoms with Gasteiger partial charge in [0.1, 0.15) is 24.4 Å². The number of rotatable bonds is 36. The van der Waals surface area contributed by atoms with E-state index >= 15 is 0 Å². The van der Waals surface area contributed by atoms with E-state index in [0.29, 0.717) is 6.42 Å². The summed E-state index contributed by atoms with van der Waals surface area (Å²) >= 11 is 0. The Morgan fingerprint density at radius 3 is 1.70 bits per heavy atom. The lowest BCUT2D eigenvalue weighted by Gasteiger charge is -2.41. The second-order valence-corrected chi connectivity index (χ2v) is 16.4. The van der Waals surface area contributed by atoms with Crippen LogP contribution in [0.5, 0.6) is 0 Å². The van der Waals surface area contributed by atoms with E-state index < -0.39 is 59.9 Å². The van der Waals surface area contributed by atoms with E-state index in [9.17, 15) is 33.6 Å². The van der Waals surface area contributed by atoms with Gasteiger partial charge in [-0.2, -0.15) is 8.42 Å². The Morgan fingerprint density at radius 2 is 1.18 bits per heavy atom. The zero-order valence-corrected chi connectivity index (χ0v) is 35.5. The van der Waals surface area contributed by atoms with Crippen molar-refractivity contribution in [3.63, 3.8) is 0 Å². The lowest BCUT2D eigenvalue weighted by molar-refractivity contribution is -0.298. The maximum Gasteiger partial charge on any atom is 0.397 e. The van der Waals surface area contributed by atoms with Crippen molar-refractivity contribution < 1.29 is 51.8 Å². The molecule has 0 aromatic heterocycles. The van der Waals surface area contributed by atoms with Crippen LogP contribution in [0.1, 0.15) is 174 Å². The molecule has 1 fully saturated rings. The fraction of sp³-hybridized carbons (Fsp3) is 0.837. The van der Waals surface area contributed by atoms with Crippen LogP contribution in [0.4, 0.5) is 0 Å². The molecule has 1 aliphatic heterocycles. The van der Waals surface area contributed by atoms with Crippen molar-refractivity contribution in [3.05, 3.63) is 36.5 Å². The number of aliphatic hydroxyl groups excluding tert-OH is 4. The minimum Gasteiger partial charge on any atom is -0.394 e. The molecule has 0 bridgehead atoms. The van der Waals surface area contributed by atoms with Crippen LogP contribution >= 0.6 is 0 Å². The molecule has 12 nitrogen and oxygen atoms in total. The highest BCUT2D eigenvalue weighted by molar-refractivity contribution is 7.80. The van der Waals surface area contributed by atoms with Crippen molar-refractivity contribution in [3.8, 4) is 0 Å². The average molecular weight is 818 g/mol. The summed E-state index contributed by atoms with van der Waals surface area (Å²) in [7, 11) is -5.08. The first kappa shape index (κ1) is 52.3. The summed E-state index contributed by atoms with van der Waals surface area (Å²) in [6.07, 6.45) is 30.5. The van der Waals surface area contributed by atoms with Gasteiger partial charge in [0.05, 0.1) is 25.4 Å². The number of hydrogen-bond donors (Lipinski definition) is 6. The van der Waals surface area contributed by atoms with Crippen molar-refractivity contribution in [2.75, 3.05) is 13.2 Å². The molecule has 7 unspecified atom stereocenters. The van der Waals surface area contributed by atoms with Crippen LogP contribution in [-0.4, -0.2) is 95.4 Å². The molecule has 1 aliphatic rings. The van der Waals surface area contributed by atoms with Gasteiger partial charge in [0.2, 0.25) is 5.91 Å². The summed E-state index contributed by atoms with van der Waals surface area (Å²) in [5.74, 6) is -0.270. The highest BCUT2D eigenvalue weighted by Crippen LogP contribution is 2.26. The van der Waals surface area contributed by atoms with Gasteiger partial charge in [-0.3, -0.25) is 9.35 Å². The molecule has 1 heterocycles. The van der Waals surface area contributed by atoms with Crippen molar-refractivity contribution in [2.45, 2.75) is 217 Å². The molecule has 0 spiro atoms. The number of nitrogens with one attached hydrogen (secondary N) is 1. The summed E-state index contributed by atoms with van der Waals surface area (Å²) in [6, 6.07) is -0.943. The molecular formula is C43H79NO11S. The van der Waals surface area contributed by atoms with Gasteiger partial charge in [-0.15, -0.1) is 0 Å².